The van der Waals surface area contributed by atoms with E-state index in [1.165, 1.54) is 9.58 Å². The first kappa shape index (κ1) is 23.8. The molecule has 1 aromatic carbocycles. The van der Waals surface area contributed by atoms with Crippen molar-refractivity contribution in [2.45, 2.75) is 19.5 Å². The number of imidazole rings is 1. The van der Waals surface area contributed by atoms with Crippen LogP contribution in [-0.4, -0.2) is 87.2 Å². The Morgan fingerprint density at radius 1 is 1.00 bits per heavy atom. The van der Waals surface area contributed by atoms with Crippen LogP contribution in [0.3, 0.4) is 0 Å². The molecule has 0 spiro atoms. The molecule has 2 aliphatic rings. The summed E-state index contributed by atoms with van der Waals surface area (Å²) in [4.78, 5) is 30.1. The van der Waals surface area contributed by atoms with E-state index in [0.717, 1.165) is 98.5 Å². The van der Waals surface area contributed by atoms with Gasteiger partial charge in [-0.1, -0.05) is 12.1 Å². The molecular weight excluding hydrogens is 496 g/mol. The summed E-state index contributed by atoms with van der Waals surface area (Å²) >= 11 is 1.84. The van der Waals surface area contributed by atoms with Crippen LogP contribution in [-0.2, 0) is 11.3 Å². The molecular formula is C28H32N8OS. The van der Waals surface area contributed by atoms with Gasteiger partial charge in [-0.15, -0.1) is 11.3 Å². The molecule has 0 saturated carbocycles. The Hall–Kier alpha value is -3.31. The molecule has 1 atom stereocenters. The van der Waals surface area contributed by atoms with E-state index >= 15 is 0 Å². The van der Waals surface area contributed by atoms with Crippen LogP contribution >= 0.6 is 11.3 Å². The highest BCUT2D eigenvalue weighted by molar-refractivity contribution is 7.19. The topological polar surface area (TPSA) is 89.2 Å². The van der Waals surface area contributed by atoms with Gasteiger partial charge in [0.15, 0.2) is 11.6 Å². The summed E-state index contributed by atoms with van der Waals surface area (Å²) in [6.45, 7) is 10.5. The molecule has 1 unspecified atom stereocenters. The SMILES string of the molecule is CC(c1ncc[nH]1)N1CCN(Cc2cc3nc(-c4cccc5[nH]ccc45)nc(N4CCOCC4)c3s2)CC1. The molecule has 2 fully saturated rings. The first-order chi connectivity index (χ1) is 18.7. The second-order valence-electron chi connectivity index (χ2n) is 10.1. The van der Waals surface area contributed by atoms with Gasteiger partial charge in [-0.2, -0.15) is 0 Å². The summed E-state index contributed by atoms with van der Waals surface area (Å²) < 4.78 is 6.83. The van der Waals surface area contributed by atoms with Gasteiger partial charge in [-0.05, 0) is 25.1 Å². The van der Waals surface area contributed by atoms with Crippen molar-refractivity contribution in [1.82, 2.24) is 34.7 Å². The Kier molecular flexibility index (Phi) is 6.32. The summed E-state index contributed by atoms with van der Waals surface area (Å²) in [7, 11) is 0. The Morgan fingerprint density at radius 2 is 1.87 bits per heavy atom. The summed E-state index contributed by atoms with van der Waals surface area (Å²) in [5, 5.41) is 1.15. The lowest BCUT2D eigenvalue weighted by atomic mass is 10.1. The molecule has 7 rings (SSSR count). The maximum atomic E-state index is 5.65. The molecule has 2 saturated heterocycles. The van der Waals surface area contributed by atoms with Crippen LogP contribution in [0.5, 0.6) is 0 Å². The van der Waals surface area contributed by atoms with Gasteiger partial charge in [0.25, 0.3) is 0 Å². The lowest BCUT2D eigenvalue weighted by Gasteiger charge is -2.37. The van der Waals surface area contributed by atoms with Crippen LogP contribution in [0.25, 0.3) is 32.5 Å². The van der Waals surface area contributed by atoms with Gasteiger partial charge in [0.05, 0.1) is 29.5 Å². The zero-order chi connectivity index (χ0) is 25.5. The van der Waals surface area contributed by atoms with Gasteiger partial charge in [0.2, 0.25) is 0 Å². The number of morpholine rings is 1. The minimum atomic E-state index is 0.311. The third-order valence-electron chi connectivity index (χ3n) is 7.80. The third kappa shape index (κ3) is 4.47. The van der Waals surface area contributed by atoms with Crippen molar-refractivity contribution in [3.63, 3.8) is 0 Å². The largest absolute Gasteiger partial charge is 0.378 e. The number of benzene rings is 1. The number of aromatic amines is 2. The zero-order valence-corrected chi connectivity index (χ0v) is 22.4. The fourth-order valence-electron chi connectivity index (χ4n) is 5.64. The van der Waals surface area contributed by atoms with E-state index in [2.05, 4.69) is 66.9 Å². The maximum absolute atomic E-state index is 5.65. The number of anilines is 1. The van der Waals surface area contributed by atoms with Crippen molar-refractivity contribution in [3.8, 4) is 11.4 Å². The van der Waals surface area contributed by atoms with Crippen molar-refractivity contribution in [1.29, 1.82) is 0 Å². The molecule has 0 bridgehead atoms. The molecule has 4 aromatic heterocycles. The summed E-state index contributed by atoms with van der Waals surface area (Å²) in [6.07, 6.45) is 5.72. The number of hydrogen-bond acceptors (Lipinski definition) is 8. The van der Waals surface area contributed by atoms with Crippen molar-refractivity contribution < 1.29 is 4.74 Å². The van der Waals surface area contributed by atoms with Gasteiger partial charge < -0.3 is 19.6 Å². The third-order valence-corrected chi connectivity index (χ3v) is 8.91. The highest BCUT2D eigenvalue weighted by Crippen LogP contribution is 2.36. The van der Waals surface area contributed by atoms with E-state index in [0.29, 0.717) is 6.04 Å². The van der Waals surface area contributed by atoms with Crippen molar-refractivity contribution in [3.05, 3.63) is 59.6 Å². The summed E-state index contributed by atoms with van der Waals surface area (Å²) in [5.74, 6) is 2.87. The number of thiophene rings is 1. The van der Waals surface area contributed by atoms with Crippen LogP contribution in [0.1, 0.15) is 23.7 Å². The van der Waals surface area contributed by atoms with Crippen molar-refractivity contribution in [2.24, 2.45) is 0 Å². The van der Waals surface area contributed by atoms with E-state index in [1.54, 1.807) is 0 Å². The summed E-state index contributed by atoms with van der Waals surface area (Å²) in [6, 6.07) is 11.0. The molecule has 5 aromatic rings. The number of nitrogens with zero attached hydrogens (tertiary/aromatic N) is 6. The maximum Gasteiger partial charge on any atom is 0.162 e. The molecule has 10 heteroatoms. The lowest BCUT2D eigenvalue weighted by molar-refractivity contribution is 0.0957. The summed E-state index contributed by atoms with van der Waals surface area (Å²) in [5.41, 5.74) is 3.20. The fraction of sp³-hybridized carbons (Fsp3) is 0.393. The van der Waals surface area contributed by atoms with E-state index in [1.807, 2.05) is 29.9 Å². The predicted molar refractivity (Wildman–Crippen MR) is 152 cm³/mol. The van der Waals surface area contributed by atoms with E-state index in [-0.39, 0.29) is 0 Å². The van der Waals surface area contributed by atoms with E-state index in [4.69, 9.17) is 14.7 Å². The highest BCUT2D eigenvalue weighted by Gasteiger charge is 2.25. The number of fused-ring (bicyclic) bond motifs is 2. The molecule has 9 nitrogen and oxygen atoms in total. The standard InChI is InChI=1S/C28H32N8OS/c1-19(26-30-7-8-31-26)35-11-9-34(10-12-35)18-20-17-24-25(38-20)28(36-13-15-37-16-14-36)33-27(32-24)22-3-2-4-23-21(22)5-6-29-23/h2-8,17,19,29H,9-16,18H2,1H3,(H,30,31). The zero-order valence-electron chi connectivity index (χ0n) is 21.6. The highest BCUT2D eigenvalue weighted by atomic mass is 32.1. The van der Waals surface area contributed by atoms with Crippen molar-refractivity contribution >= 4 is 38.3 Å². The minimum Gasteiger partial charge on any atom is -0.378 e. The quantitative estimate of drug-likeness (QED) is 0.340. The molecule has 38 heavy (non-hydrogen) atoms. The number of rotatable bonds is 6. The molecule has 2 aliphatic heterocycles. The molecule has 196 valence electrons. The van der Waals surface area contributed by atoms with Gasteiger partial charge in [0, 0.05) is 85.7 Å². The number of piperazine rings is 1. The van der Waals surface area contributed by atoms with Crippen LogP contribution in [0.15, 0.2) is 48.9 Å². The molecule has 0 radical (unpaired) electrons. The Bertz CT molecular complexity index is 1530. The molecule has 0 amide bonds. The monoisotopic (exact) mass is 528 g/mol. The molecule has 2 N–H and O–H groups in total. The normalized spacial score (nSPS) is 18.5. The number of aromatic nitrogens is 5. The van der Waals surface area contributed by atoms with Gasteiger partial charge in [0.1, 0.15) is 5.82 Å². The predicted octanol–water partition coefficient (Wildman–Crippen LogP) is 4.28. The smallest absolute Gasteiger partial charge is 0.162 e. The second-order valence-corrected chi connectivity index (χ2v) is 11.2. The average Bonchev–Trinajstić information content (AvgIpc) is 3.74. The molecule has 0 aliphatic carbocycles. The first-order valence-electron chi connectivity index (χ1n) is 13.4. The minimum absolute atomic E-state index is 0.311. The fourth-order valence-corrected chi connectivity index (χ4v) is 6.80. The average molecular weight is 529 g/mol. The number of nitrogens with one attached hydrogen (secondary N) is 2. The van der Waals surface area contributed by atoms with Crippen molar-refractivity contribution in [2.75, 3.05) is 57.4 Å². The van der Waals surface area contributed by atoms with Crippen LogP contribution < -0.4 is 4.90 Å². The van der Waals surface area contributed by atoms with Crippen LogP contribution in [0, 0.1) is 0 Å². The van der Waals surface area contributed by atoms with Gasteiger partial charge in [-0.3, -0.25) is 9.80 Å². The molecule has 6 heterocycles. The second kappa shape index (κ2) is 10.1. The number of H-pyrrole nitrogens is 2. The lowest BCUT2D eigenvalue weighted by Crippen LogP contribution is -2.46. The van der Waals surface area contributed by atoms with Crippen LogP contribution in [0.4, 0.5) is 5.82 Å². The Balaban J connectivity index is 1.17. The Labute approximate surface area is 225 Å². The first-order valence-corrected chi connectivity index (χ1v) is 14.2. The van der Waals surface area contributed by atoms with E-state index in [9.17, 15) is 0 Å². The van der Waals surface area contributed by atoms with Crippen LogP contribution in [0.2, 0.25) is 0 Å². The van der Waals surface area contributed by atoms with Gasteiger partial charge in [-0.25, -0.2) is 15.0 Å². The number of hydrogen-bond donors (Lipinski definition) is 2. The Morgan fingerprint density at radius 3 is 2.68 bits per heavy atom. The number of ether oxygens (including phenoxy) is 1. The van der Waals surface area contributed by atoms with E-state index < -0.39 is 0 Å². The van der Waals surface area contributed by atoms with Gasteiger partial charge >= 0.3 is 0 Å².